The molecule has 6 aliphatic heterocycles. The van der Waals surface area contributed by atoms with Gasteiger partial charge in [0.15, 0.2) is 5.78 Å². The predicted molar refractivity (Wildman–Crippen MR) is 240 cm³/mol. The van der Waals surface area contributed by atoms with Crippen LogP contribution >= 0.6 is 0 Å². The number of fused-ring (bicyclic) bond motifs is 4. The van der Waals surface area contributed by atoms with Crippen molar-refractivity contribution in [2.24, 2.45) is 22.7 Å². The number of carbonyl (C=O) groups excluding carboxylic acids is 5. The van der Waals surface area contributed by atoms with Gasteiger partial charge in [-0.1, -0.05) is 82.7 Å². The summed E-state index contributed by atoms with van der Waals surface area (Å²) in [5.74, 6) is -2.17. The lowest BCUT2D eigenvalue weighted by atomic mass is 9.72. The van der Waals surface area contributed by atoms with E-state index in [2.05, 4.69) is 77.2 Å². The minimum Gasteiger partial charge on any atom is -0.457 e. The average Bonchev–Trinajstić information content (AvgIpc) is 3.77. The van der Waals surface area contributed by atoms with Crippen molar-refractivity contribution in [3.05, 3.63) is 103 Å². The van der Waals surface area contributed by atoms with Gasteiger partial charge in [0.25, 0.3) is 0 Å². The van der Waals surface area contributed by atoms with Crippen LogP contribution in [-0.2, 0) is 41.6 Å². The number of hydrogen-bond acceptors (Lipinski definition) is 10. The number of aliphatic imine (C=N–C) groups is 1. The van der Waals surface area contributed by atoms with Crippen LogP contribution in [-0.4, -0.2) is 141 Å². The lowest BCUT2D eigenvalue weighted by molar-refractivity contribution is -1.08. The zero-order valence-electron chi connectivity index (χ0n) is 36.6. The molecule has 2 N–H and O–H groups in total. The number of benzene rings is 2. The highest BCUT2D eigenvalue weighted by Crippen LogP contribution is 2.50. The highest BCUT2D eigenvalue weighted by Gasteiger charge is 2.61. The van der Waals surface area contributed by atoms with Gasteiger partial charge in [0.1, 0.15) is 64.8 Å². The van der Waals surface area contributed by atoms with Crippen LogP contribution in [0.1, 0.15) is 31.4 Å². The second-order valence-electron chi connectivity index (χ2n) is 17.4. The van der Waals surface area contributed by atoms with Gasteiger partial charge in [-0.05, 0) is 34.2 Å². The highest BCUT2D eigenvalue weighted by atomic mass is 16.6. The first kappa shape index (κ1) is 45.0. The van der Waals surface area contributed by atoms with Gasteiger partial charge < -0.3 is 33.0 Å². The second-order valence-corrected chi connectivity index (χ2v) is 17.4. The average molecular weight is 864 g/mol. The number of quaternary nitrogens is 2. The zero-order valence-corrected chi connectivity index (χ0v) is 36.6. The van der Waals surface area contributed by atoms with E-state index in [0.29, 0.717) is 25.3 Å². The number of piperazine rings is 3. The normalized spacial score (nSPS) is 24.5. The molecule has 2 aromatic rings. The standard InChI is InChI=1S/C48H59N7O8/c1-7-27-61-45(58)43-37(32(5)42-40(44(57)53(42)43)33(6)39(56)10-4)31-52-30-35-16-15-34(36-13-11-14-38(52)41(35)36)17-20-55-24-21-54(22-25-55,23-26-55)19-12-18-49-46(50-47(59)62-28-8-2)51-48(60)63-29-9-3/h7-11,13-16,32-33,40,42H,1-4,12,17-31H2,5-6H3/p+2/t32-,33?,40?,42?,54?,55?/m0/s1. The topological polar surface area (TPSA) is 156 Å². The fourth-order valence-corrected chi connectivity index (χ4v) is 10.4. The zero-order chi connectivity index (χ0) is 44.9. The number of amides is 3. The molecule has 2 aromatic carbocycles. The lowest BCUT2D eigenvalue weighted by Gasteiger charge is -2.55. The molecule has 4 saturated heterocycles. The largest absolute Gasteiger partial charge is 0.457 e. The number of esters is 1. The molecule has 0 aliphatic carbocycles. The summed E-state index contributed by atoms with van der Waals surface area (Å²) in [7, 11) is 0. The van der Waals surface area contributed by atoms with Crippen molar-refractivity contribution in [3.8, 4) is 0 Å². The van der Waals surface area contributed by atoms with Gasteiger partial charge in [0.2, 0.25) is 11.9 Å². The number of hydrogen-bond donors (Lipinski definition) is 2. The number of rotatable bonds is 19. The van der Waals surface area contributed by atoms with E-state index in [-0.39, 0.29) is 49.4 Å². The number of guanidine groups is 1. The van der Waals surface area contributed by atoms with Gasteiger partial charge in [-0.2, -0.15) is 0 Å². The number of carbonyl (C=O) groups is 5. The molecule has 15 nitrogen and oxygen atoms in total. The molecule has 4 fully saturated rings. The summed E-state index contributed by atoms with van der Waals surface area (Å²) in [6.45, 7) is 28.5. The van der Waals surface area contributed by atoms with E-state index in [9.17, 15) is 24.0 Å². The molecular formula is C48H61N7O8+2. The van der Waals surface area contributed by atoms with Gasteiger partial charge >= 0.3 is 18.2 Å². The Kier molecular flexibility index (Phi) is 13.7. The number of β-lactam (4-membered cyclic amide) rings is 1. The van der Waals surface area contributed by atoms with Crippen LogP contribution in [0, 0.1) is 17.8 Å². The van der Waals surface area contributed by atoms with Gasteiger partial charge in [0.05, 0.1) is 25.0 Å². The van der Waals surface area contributed by atoms with Crippen LogP contribution in [0.25, 0.3) is 10.8 Å². The Labute approximate surface area is 369 Å². The monoisotopic (exact) mass is 863 g/mol. The molecule has 15 heteroatoms. The first-order valence-corrected chi connectivity index (χ1v) is 22.0. The lowest BCUT2D eigenvalue weighted by Crippen LogP contribution is -2.75. The molecule has 6 heterocycles. The van der Waals surface area contributed by atoms with Crippen LogP contribution in [0.2, 0.25) is 0 Å². The number of nitrogens with one attached hydrogen (secondary N) is 2. The molecule has 0 spiro atoms. The van der Waals surface area contributed by atoms with E-state index >= 15 is 0 Å². The van der Waals surface area contributed by atoms with Crippen molar-refractivity contribution in [2.45, 2.75) is 39.3 Å². The van der Waals surface area contributed by atoms with Crippen LogP contribution < -0.4 is 15.5 Å². The molecule has 3 amide bonds. The van der Waals surface area contributed by atoms with E-state index in [1.54, 1.807) is 11.8 Å². The molecule has 2 bridgehead atoms. The molecule has 8 rings (SSSR count). The summed E-state index contributed by atoms with van der Waals surface area (Å²) >= 11 is 0. The van der Waals surface area contributed by atoms with Crippen LogP contribution in [0.15, 0.2) is 97.2 Å². The Hall–Kier alpha value is -6.06. The summed E-state index contributed by atoms with van der Waals surface area (Å²) < 4.78 is 17.7. The van der Waals surface area contributed by atoms with Crippen molar-refractivity contribution >= 4 is 52.3 Å². The number of ether oxygens (including phenoxy) is 3. The summed E-state index contributed by atoms with van der Waals surface area (Å²) in [6.07, 6.45) is 5.94. The van der Waals surface area contributed by atoms with Gasteiger partial charge in [-0.3, -0.25) is 25.2 Å². The second kappa shape index (κ2) is 19.1. The first-order valence-electron chi connectivity index (χ1n) is 22.0. The number of alkyl carbamates (subject to hydrolysis) is 2. The molecule has 0 saturated carbocycles. The Morgan fingerprint density at radius 1 is 0.873 bits per heavy atom. The maximum Gasteiger partial charge on any atom is 0.414 e. The first-order chi connectivity index (χ1) is 30.4. The van der Waals surface area contributed by atoms with Gasteiger partial charge in [-0.15, -0.1) is 0 Å². The summed E-state index contributed by atoms with van der Waals surface area (Å²) in [6, 6.07) is 10.7. The fourth-order valence-electron chi connectivity index (χ4n) is 10.4. The van der Waals surface area contributed by atoms with E-state index in [0.717, 1.165) is 85.4 Å². The van der Waals surface area contributed by atoms with Crippen molar-refractivity contribution in [2.75, 3.05) is 90.2 Å². The molecule has 0 radical (unpaired) electrons. The maximum atomic E-state index is 13.6. The molecule has 4 atom stereocenters. The van der Waals surface area contributed by atoms with E-state index in [4.69, 9.17) is 14.2 Å². The Bertz CT molecular complexity index is 2210. The minimum absolute atomic E-state index is 0.0232. The van der Waals surface area contributed by atoms with Crippen molar-refractivity contribution in [1.29, 1.82) is 0 Å². The number of anilines is 1. The summed E-state index contributed by atoms with van der Waals surface area (Å²) in [5.41, 5.74) is 4.83. The number of nitrogens with zero attached hydrogens (tertiary/aromatic N) is 5. The molecule has 334 valence electrons. The molecule has 3 unspecified atom stereocenters. The fraction of sp³-hybridized carbons (Fsp3) is 0.458. The van der Waals surface area contributed by atoms with Crippen LogP contribution in [0.5, 0.6) is 0 Å². The summed E-state index contributed by atoms with van der Waals surface area (Å²) in [4.78, 5) is 72.5. The number of ketones is 1. The summed E-state index contributed by atoms with van der Waals surface area (Å²) in [5, 5.41) is 7.45. The molecule has 0 aromatic heterocycles. The van der Waals surface area contributed by atoms with E-state index in [1.807, 2.05) is 6.92 Å². The highest BCUT2D eigenvalue weighted by molar-refractivity contribution is 6.05. The molecular weight excluding hydrogens is 803 g/mol. The molecule has 63 heavy (non-hydrogen) atoms. The van der Waals surface area contributed by atoms with Crippen molar-refractivity contribution in [3.63, 3.8) is 0 Å². The minimum atomic E-state index is -0.751. The maximum absolute atomic E-state index is 13.6. The van der Waals surface area contributed by atoms with Gasteiger partial charge in [-0.25, -0.2) is 14.4 Å². The van der Waals surface area contributed by atoms with Gasteiger partial charge in [0, 0.05) is 55.4 Å². The quantitative estimate of drug-likeness (QED) is 0.0234. The van der Waals surface area contributed by atoms with Crippen molar-refractivity contribution in [1.82, 2.24) is 15.5 Å². The SMILES string of the molecule is C=CCOC(=O)NC(=NCCC[N+]12CC[N+](CCc3ccc4c5c(cccc35)N(CC3=C(C(=O)OCC=C)N5C(=O)C(C(C)C(=O)C=C)C5[C@H]3C)C4)(CC1)CC2)NC(=O)OCC=C. The van der Waals surface area contributed by atoms with E-state index in [1.165, 1.54) is 46.2 Å². The third-order valence-electron chi connectivity index (χ3n) is 13.9. The smallest absolute Gasteiger partial charge is 0.414 e. The van der Waals surface area contributed by atoms with E-state index < -0.39 is 30.0 Å². The predicted octanol–water partition coefficient (Wildman–Crippen LogP) is 4.78. The third-order valence-corrected chi connectivity index (χ3v) is 13.9. The molecule has 6 aliphatic rings. The Balaban J connectivity index is 0.988. The Morgan fingerprint density at radius 2 is 1.49 bits per heavy atom. The Morgan fingerprint density at radius 3 is 2.11 bits per heavy atom. The third kappa shape index (κ3) is 9.07. The van der Waals surface area contributed by atoms with Crippen molar-refractivity contribution < 1.29 is 47.1 Å². The van der Waals surface area contributed by atoms with Crippen LogP contribution in [0.4, 0.5) is 15.3 Å². The number of allylic oxidation sites excluding steroid dienone is 1. The van der Waals surface area contributed by atoms with Crippen LogP contribution in [0.3, 0.4) is 0 Å².